The van der Waals surface area contributed by atoms with Gasteiger partial charge in [0.05, 0.1) is 24.4 Å². The second kappa shape index (κ2) is 4.55. The standard InChI is InChI=1S/C11H15NO4/c13-10(9-3-5-16-7-9)12-4-1-2-8(6-12)11(14)15/h7-8H,1-6H2,(H,14,15)/t8-/m0/s1. The van der Waals surface area contributed by atoms with Gasteiger partial charge in [0.1, 0.15) is 0 Å². The van der Waals surface area contributed by atoms with Gasteiger partial charge in [0.25, 0.3) is 5.91 Å². The van der Waals surface area contributed by atoms with Gasteiger partial charge in [-0.3, -0.25) is 9.59 Å². The molecule has 2 aliphatic heterocycles. The Labute approximate surface area is 93.7 Å². The van der Waals surface area contributed by atoms with Gasteiger partial charge in [-0.25, -0.2) is 0 Å². The number of carbonyl (C=O) groups excluding carboxylic acids is 1. The van der Waals surface area contributed by atoms with Crippen molar-refractivity contribution >= 4 is 11.9 Å². The number of carbonyl (C=O) groups is 2. The molecule has 0 aromatic carbocycles. The summed E-state index contributed by atoms with van der Waals surface area (Å²) >= 11 is 0. The van der Waals surface area contributed by atoms with Crippen LogP contribution in [-0.4, -0.2) is 41.6 Å². The Morgan fingerprint density at radius 1 is 1.50 bits per heavy atom. The molecule has 5 heteroatoms. The number of carboxylic acids is 1. The average molecular weight is 225 g/mol. The van der Waals surface area contributed by atoms with Gasteiger partial charge in [0.15, 0.2) is 0 Å². The summed E-state index contributed by atoms with van der Waals surface area (Å²) in [6, 6.07) is 0. The largest absolute Gasteiger partial charge is 0.500 e. The monoisotopic (exact) mass is 225 g/mol. The van der Waals surface area contributed by atoms with Gasteiger partial charge in [-0.1, -0.05) is 0 Å². The molecule has 0 radical (unpaired) electrons. The first-order valence-electron chi connectivity index (χ1n) is 5.51. The van der Waals surface area contributed by atoms with E-state index in [9.17, 15) is 9.59 Å². The van der Waals surface area contributed by atoms with E-state index in [1.54, 1.807) is 4.90 Å². The molecule has 1 saturated heterocycles. The van der Waals surface area contributed by atoms with Gasteiger partial charge in [0, 0.05) is 19.5 Å². The van der Waals surface area contributed by atoms with Crippen molar-refractivity contribution in [2.45, 2.75) is 19.3 Å². The highest BCUT2D eigenvalue weighted by Gasteiger charge is 2.30. The van der Waals surface area contributed by atoms with Crippen LogP contribution in [0.4, 0.5) is 0 Å². The van der Waals surface area contributed by atoms with Crippen molar-refractivity contribution in [3.63, 3.8) is 0 Å². The molecule has 2 rings (SSSR count). The van der Waals surface area contributed by atoms with E-state index in [1.807, 2.05) is 0 Å². The molecule has 1 amide bonds. The second-order valence-electron chi connectivity index (χ2n) is 4.19. The fraction of sp³-hybridized carbons (Fsp3) is 0.636. The third kappa shape index (κ3) is 2.18. The lowest BCUT2D eigenvalue weighted by atomic mass is 9.97. The van der Waals surface area contributed by atoms with Crippen LogP contribution in [-0.2, 0) is 14.3 Å². The van der Waals surface area contributed by atoms with E-state index in [-0.39, 0.29) is 5.91 Å². The topological polar surface area (TPSA) is 66.8 Å². The maximum Gasteiger partial charge on any atom is 0.308 e. The summed E-state index contributed by atoms with van der Waals surface area (Å²) in [4.78, 5) is 24.4. The predicted molar refractivity (Wildman–Crippen MR) is 55.6 cm³/mol. The molecule has 5 nitrogen and oxygen atoms in total. The Morgan fingerprint density at radius 3 is 2.94 bits per heavy atom. The molecule has 2 heterocycles. The number of amides is 1. The van der Waals surface area contributed by atoms with Crippen molar-refractivity contribution < 1.29 is 19.4 Å². The van der Waals surface area contributed by atoms with Gasteiger partial charge in [-0.05, 0) is 12.8 Å². The molecule has 0 aromatic heterocycles. The van der Waals surface area contributed by atoms with Crippen LogP contribution < -0.4 is 0 Å². The van der Waals surface area contributed by atoms with E-state index in [0.29, 0.717) is 38.1 Å². The molecule has 1 fully saturated rings. The molecule has 0 bridgehead atoms. The molecule has 0 unspecified atom stereocenters. The smallest absolute Gasteiger partial charge is 0.308 e. The van der Waals surface area contributed by atoms with Crippen molar-refractivity contribution in [1.29, 1.82) is 0 Å². The van der Waals surface area contributed by atoms with Crippen LogP contribution in [0.15, 0.2) is 11.8 Å². The minimum Gasteiger partial charge on any atom is -0.500 e. The number of rotatable bonds is 2. The van der Waals surface area contributed by atoms with E-state index in [1.165, 1.54) is 6.26 Å². The number of nitrogens with zero attached hydrogens (tertiary/aromatic N) is 1. The molecule has 2 aliphatic rings. The molecule has 0 spiro atoms. The molecule has 0 aromatic rings. The highest BCUT2D eigenvalue weighted by molar-refractivity contribution is 5.93. The maximum atomic E-state index is 12.0. The lowest BCUT2D eigenvalue weighted by molar-refractivity contribution is -0.145. The lowest BCUT2D eigenvalue weighted by Crippen LogP contribution is -2.42. The van der Waals surface area contributed by atoms with E-state index in [2.05, 4.69) is 0 Å². The van der Waals surface area contributed by atoms with Gasteiger partial charge < -0.3 is 14.7 Å². The van der Waals surface area contributed by atoms with E-state index >= 15 is 0 Å². The first kappa shape index (κ1) is 11.0. The molecule has 16 heavy (non-hydrogen) atoms. The summed E-state index contributed by atoms with van der Waals surface area (Å²) in [5.41, 5.74) is 0.658. The number of ether oxygens (including phenoxy) is 1. The summed E-state index contributed by atoms with van der Waals surface area (Å²) < 4.78 is 5.02. The molecule has 0 saturated carbocycles. The highest BCUT2D eigenvalue weighted by atomic mass is 16.5. The Hall–Kier alpha value is -1.52. The van der Waals surface area contributed by atoms with Crippen LogP contribution in [0.2, 0.25) is 0 Å². The number of piperidine rings is 1. The van der Waals surface area contributed by atoms with Crippen molar-refractivity contribution in [1.82, 2.24) is 4.90 Å². The van der Waals surface area contributed by atoms with Gasteiger partial charge in [-0.2, -0.15) is 0 Å². The summed E-state index contributed by atoms with van der Waals surface area (Å²) in [5, 5.41) is 8.93. The quantitative estimate of drug-likeness (QED) is 0.747. The second-order valence-corrected chi connectivity index (χ2v) is 4.19. The molecular formula is C11H15NO4. The number of aliphatic carboxylic acids is 1. The fourth-order valence-electron chi connectivity index (χ4n) is 2.11. The zero-order valence-corrected chi connectivity index (χ0v) is 9.02. The molecular weight excluding hydrogens is 210 g/mol. The predicted octanol–water partition coefficient (Wildman–Crippen LogP) is 0.614. The third-order valence-corrected chi connectivity index (χ3v) is 3.05. The highest BCUT2D eigenvalue weighted by Crippen LogP contribution is 2.21. The van der Waals surface area contributed by atoms with E-state index in [0.717, 1.165) is 6.42 Å². The van der Waals surface area contributed by atoms with Crippen LogP contribution >= 0.6 is 0 Å². The minimum atomic E-state index is -0.811. The summed E-state index contributed by atoms with van der Waals surface area (Å²) in [7, 11) is 0. The van der Waals surface area contributed by atoms with E-state index in [4.69, 9.17) is 9.84 Å². The van der Waals surface area contributed by atoms with Crippen molar-refractivity contribution in [3.8, 4) is 0 Å². The van der Waals surface area contributed by atoms with Crippen molar-refractivity contribution in [2.24, 2.45) is 5.92 Å². The van der Waals surface area contributed by atoms with E-state index < -0.39 is 11.9 Å². The van der Waals surface area contributed by atoms with Crippen LogP contribution in [0.25, 0.3) is 0 Å². The molecule has 1 atom stereocenters. The Kier molecular flexibility index (Phi) is 3.12. The number of likely N-dealkylation sites (tertiary alicyclic amines) is 1. The summed E-state index contributed by atoms with van der Waals surface area (Å²) in [6.45, 7) is 1.53. The van der Waals surface area contributed by atoms with Gasteiger partial charge in [0.2, 0.25) is 0 Å². The lowest BCUT2D eigenvalue weighted by Gasteiger charge is -2.30. The third-order valence-electron chi connectivity index (χ3n) is 3.05. The first-order valence-corrected chi connectivity index (χ1v) is 5.51. The van der Waals surface area contributed by atoms with Gasteiger partial charge >= 0.3 is 5.97 Å². The number of carboxylic acid groups (broad SMARTS) is 1. The Morgan fingerprint density at radius 2 is 2.31 bits per heavy atom. The minimum absolute atomic E-state index is 0.0662. The normalized spacial score (nSPS) is 24.9. The first-order chi connectivity index (χ1) is 7.68. The van der Waals surface area contributed by atoms with Crippen LogP contribution in [0.5, 0.6) is 0 Å². The fourth-order valence-corrected chi connectivity index (χ4v) is 2.11. The van der Waals surface area contributed by atoms with Crippen LogP contribution in [0.1, 0.15) is 19.3 Å². The Bertz CT molecular complexity index is 337. The maximum absolute atomic E-state index is 12.0. The number of hydrogen-bond donors (Lipinski definition) is 1. The summed E-state index contributed by atoms with van der Waals surface area (Å²) in [5.74, 6) is -1.29. The SMILES string of the molecule is O=C(O)[C@H]1CCCN(C(=O)C2=COCC2)C1. The van der Waals surface area contributed by atoms with Crippen molar-refractivity contribution in [3.05, 3.63) is 11.8 Å². The van der Waals surface area contributed by atoms with Crippen LogP contribution in [0, 0.1) is 5.92 Å². The number of hydrogen-bond acceptors (Lipinski definition) is 3. The zero-order valence-electron chi connectivity index (χ0n) is 9.02. The zero-order chi connectivity index (χ0) is 11.5. The van der Waals surface area contributed by atoms with Gasteiger partial charge in [-0.15, -0.1) is 0 Å². The average Bonchev–Trinajstić information content (AvgIpc) is 2.81. The van der Waals surface area contributed by atoms with Crippen LogP contribution in [0.3, 0.4) is 0 Å². The summed E-state index contributed by atoms with van der Waals surface area (Å²) in [6.07, 6.45) is 3.55. The molecule has 0 aliphatic carbocycles. The van der Waals surface area contributed by atoms with Crippen molar-refractivity contribution in [2.75, 3.05) is 19.7 Å². The Balaban J connectivity index is 1.98. The molecule has 88 valence electrons. The molecule has 1 N–H and O–H groups in total.